The van der Waals surface area contributed by atoms with Crippen molar-refractivity contribution in [2.24, 2.45) is 0 Å². The minimum atomic E-state index is -1.13. The first-order chi connectivity index (χ1) is 8.01. The Labute approximate surface area is 101 Å². The number of aliphatic hydroxyl groups excluding tert-OH is 1. The van der Waals surface area contributed by atoms with Gasteiger partial charge in [-0.05, 0) is 44.4 Å². The molecular weight excluding hydrogens is 223 g/mol. The molecule has 0 radical (unpaired) electrons. The summed E-state index contributed by atoms with van der Waals surface area (Å²) in [5.41, 5.74) is -0.638. The third kappa shape index (κ3) is 3.68. The largest absolute Gasteiger partial charge is 0.491 e. The van der Waals surface area contributed by atoms with E-state index in [0.717, 1.165) is 0 Å². The smallest absolute Gasteiger partial charge is 0.165 e. The number of halogens is 1. The maximum Gasteiger partial charge on any atom is 0.165 e. The van der Waals surface area contributed by atoms with E-state index < -0.39 is 11.4 Å². The van der Waals surface area contributed by atoms with Crippen LogP contribution >= 0.6 is 0 Å². The van der Waals surface area contributed by atoms with Crippen LogP contribution in [0.25, 0.3) is 0 Å². The average molecular weight is 242 g/mol. The van der Waals surface area contributed by atoms with Crippen molar-refractivity contribution in [2.75, 3.05) is 13.2 Å². The van der Waals surface area contributed by atoms with Gasteiger partial charge >= 0.3 is 0 Å². The molecule has 4 heteroatoms. The molecule has 0 aliphatic heterocycles. The van der Waals surface area contributed by atoms with Crippen LogP contribution in [-0.2, 0) is 5.60 Å². The van der Waals surface area contributed by atoms with Crippen LogP contribution in [0, 0.1) is 5.82 Å². The summed E-state index contributed by atoms with van der Waals surface area (Å²) in [5, 5.41) is 18.9. The highest BCUT2D eigenvalue weighted by atomic mass is 19.1. The monoisotopic (exact) mass is 242 g/mol. The van der Waals surface area contributed by atoms with Crippen molar-refractivity contribution in [3.63, 3.8) is 0 Å². The van der Waals surface area contributed by atoms with Crippen molar-refractivity contribution >= 4 is 0 Å². The van der Waals surface area contributed by atoms with E-state index in [1.54, 1.807) is 19.9 Å². The fourth-order valence-electron chi connectivity index (χ4n) is 1.68. The number of rotatable bonds is 6. The topological polar surface area (TPSA) is 49.7 Å². The molecule has 0 saturated carbocycles. The van der Waals surface area contributed by atoms with Crippen molar-refractivity contribution in [1.29, 1.82) is 0 Å². The van der Waals surface area contributed by atoms with Gasteiger partial charge in [0.2, 0.25) is 0 Å². The Hall–Kier alpha value is -1.13. The minimum absolute atomic E-state index is 0.00958. The minimum Gasteiger partial charge on any atom is -0.491 e. The molecule has 3 nitrogen and oxygen atoms in total. The predicted molar refractivity (Wildman–Crippen MR) is 63.5 cm³/mol. The Morgan fingerprint density at radius 2 is 2.12 bits per heavy atom. The van der Waals surface area contributed by atoms with E-state index in [0.29, 0.717) is 25.0 Å². The van der Waals surface area contributed by atoms with Crippen LogP contribution < -0.4 is 4.74 Å². The van der Waals surface area contributed by atoms with Gasteiger partial charge in [-0.3, -0.25) is 0 Å². The van der Waals surface area contributed by atoms with Gasteiger partial charge in [0.15, 0.2) is 11.6 Å². The standard InChI is InChI=1S/C13H19FO3/c1-3-17-12-6-5-10(9-11(12)14)13(2,16)7-4-8-15/h5-6,9,15-16H,3-4,7-8H2,1-2H3. The molecule has 1 atom stereocenters. The van der Waals surface area contributed by atoms with Crippen LogP contribution in [-0.4, -0.2) is 23.4 Å². The fraction of sp³-hybridized carbons (Fsp3) is 0.538. The van der Waals surface area contributed by atoms with E-state index >= 15 is 0 Å². The quantitative estimate of drug-likeness (QED) is 0.804. The summed E-state index contributed by atoms with van der Waals surface area (Å²) in [6, 6.07) is 4.44. The molecule has 0 aliphatic carbocycles. The lowest BCUT2D eigenvalue weighted by molar-refractivity contribution is 0.0399. The second kappa shape index (κ2) is 5.98. The van der Waals surface area contributed by atoms with Gasteiger partial charge in [0.25, 0.3) is 0 Å². The van der Waals surface area contributed by atoms with E-state index in [9.17, 15) is 9.50 Å². The van der Waals surface area contributed by atoms with Crippen molar-refractivity contribution in [3.05, 3.63) is 29.6 Å². The van der Waals surface area contributed by atoms with E-state index in [-0.39, 0.29) is 12.4 Å². The first kappa shape index (κ1) is 13.9. The maximum atomic E-state index is 13.6. The third-order valence-corrected chi connectivity index (χ3v) is 2.68. The molecule has 1 aromatic carbocycles. The normalized spacial score (nSPS) is 14.4. The van der Waals surface area contributed by atoms with E-state index in [1.165, 1.54) is 12.1 Å². The van der Waals surface area contributed by atoms with Crippen molar-refractivity contribution in [2.45, 2.75) is 32.3 Å². The molecule has 0 amide bonds. The van der Waals surface area contributed by atoms with E-state index in [2.05, 4.69) is 0 Å². The maximum absolute atomic E-state index is 13.6. The zero-order valence-electron chi connectivity index (χ0n) is 10.2. The Morgan fingerprint density at radius 3 is 2.65 bits per heavy atom. The summed E-state index contributed by atoms with van der Waals surface area (Å²) in [7, 11) is 0. The molecule has 0 bridgehead atoms. The lowest BCUT2D eigenvalue weighted by atomic mass is 9.91. The van der Waals surface area contributed by atoms with Gasteiger partial charge in [-0.2, -0.15) is 0 Å². The predicted octanol–water partition coefficient (Wildman–Crippen LogP) is 2.20. The summed E-state index contributed by atoms with van der Waals surface area (Å²) >= 11 is 0. The Bertz CT molecular complexity index is 364. The molecule has 1 aromatic rings. The second-order valence-electron chi connectivity index (χ2n) is 4.18. The SMILES string of the molecule is CCOc1ccc(C(C)(O)CCCO)cc1F. The molecule has 1 unspecified atom stereocenters. The van der Waals surface area contributed by atoms with Crippen LogP contribution in [0.3, 0.4) is 0 Å². The van der Waals surface area contributed by atoms with Crippen LogP contribution in [0.15, 0.2) is 18.2 Å². The van der Waals surface area contributed by atoms with Crippen LogP contribution in [0.4, 0.5) is 4.39 Å². The van der Waals surface area contributed by atoms with Crippen molar-refractivity contribution < 1.29 is 19.3 Å². The number of aliphatic hydroxyl groups is 2. The van der Waals surface area contributed by atoms with Gasteiger partial charge in [-0.1, -0.05) is 6.07 Å². The lowest BCUT2D eigenvalue weighted by Crippen LogP contribution is -2.21. The van der Waals surface area contributed by atoms with Gasteiger partial charge in [-0.15, -0.1) is 0 Å². The summed E-state index contributed by atoms with van der Waals surface area (Å²) < 4.78 is 18.7. The molecule has 1 rings (SSSR count). The number of hydrogen-bond acceptors (Lipinski definition) is 3. The molecule has 0 heterocycles. The molecular formula is C13H19FO3. The highest BCUT2D eigenvalue weighted by molar-refractivity contribution is 5.32. The highest BCUT2D eigenvalue weighted by Crippen LogP contribution is 2.29. The Morgan fingerprint density at radius 1 is 1.41 bits per heavy atom. The molecule has 0 aliphatic rings. The highest BCUT2D eigenvalue weighted by Gasteiger charge is 2.23. The van der Waals surface area contributed by atoms with Crippen LogP contribution in [0.5, 0.6) is 5.75 Å². The summed E-state index contributed by atoms with van der Waals surface area (Å²) in [6.45, 7) is 3.80. The number of ether oxygens (including phenoxy) is 1. The zero-order chi connectivity index (χ0) is 12.9. The van der Waals surface area contributed by atoms with Crippen molar-refractivity contribution in [1.82, 2.24) is 0 Å². The average Bonchev–Trinajstić information content (AvgIpc) is 2.29. The Balaban J connectivity index is 2.88. The number of benzene rings is 1. The zero-order valence-corrected chi connectivity index (χ0v) is 10.2. The molecule has 0 spiro atoms. The molecule has 0 saturated heterocycles. The van der Waals surface area contributed by atoms with Gasteiger partial charge in [0, 0.05) is 6.61 Å². The molecule has 96 valence electrons. The lowest BCUT2D eigenvalue weighted by Gasteiger charge is -2.24. The van der Waals surface area contributed by atoms with Crippen molar-refractivity contribution in [3.8, 4) is 5.75 Å². The number of hydrogen-bond donors (Lipinski definition) is 2. The van der Waals surface area contributed by atoms with Crippen LogP contribution in [0.2, 0.25) is 0 Å². The first-order valence-electron chi connectivity index (χ1n) is 5.77. The van der Waals surface area contributed by atoms with Gasteiger partial charge in [-0.25, -0.2) is 4.39 Å². The first-order valence-corrected chi connectivity index (χ1v) is 5.77. The van der Waals surface area contributed by atoms with Crippen LogP contribution in [0.1, 0.15) is 32.3 Å². The molecule has 0 fully saturated rings. The van der Waals surface area contributed by atoms with Gasteiger partial charge in [0.05, 0.1) is 12.2 Å². The fourth-order valence-corrected chi connectivity index (χ4v) is 1.68. The molecule has 0 aromatic heterocycles. The summed E-state index contributed by atoms with van der Waals surface area (Å²) in [6.07, 6.45) is 0.860. The van der Waals surface area contributed by atoms with Gasteiger partial charge < -0.3 is 14.9 Å². The molecule has 2 N–H and O–H groups in total. The summed E-state index contributed by atoms with van der Waals surface area (Å²) in [5.74, 6) is -0.289. The van der Waals surface area contributed by atoms with Gasteiger partial charge in [0.1, 0.15) is 0 Å². The Kier molecular flexibility index (Phi) is 4.90. The van der Waals surface area contributed by atoms with E-state index in [1.807, 2.05) is 0 Å². The molecule has 17 heavy (non-hydrogen) atoms. The third-order valence-electron chi connectivity index (χ3n) is 2.68. The summed E-state index contributed by atoms with van der Waals surface area (Å²) in [4.78, 5) is 0. The van der Waals surface area contributed by atoms with E-state index in [4.69, 9.17) is 9.84 Å². The second-order valence-corrected chi connectivity index (χ2v) is 4.18.